The lowest BCUT2D eigenvalue weighted by atomic mass is 9.92. The van der Waals surface area contributed by atoms with Gasteiger partial charge in [0.25, 0.3) is 0 Å². The van der Waals surface area contributed by atoms with Crippen LogP contribution >= 0.6 is 0 Å². The zero-order chi connectivity index (χ0) is 13.0. The molecule has 1 unspecified atom stereocenters. The normalized spacial score (nSPS) is 25.2. The molecule has 2 rings (SSSR count). The number of ether oxygens (including phenoxy) is 1. The van der Waals surface area contributed by atoms with Gasteiger partial charge in [-0.05, 0) is 32.1 Å². The van der Waals surface area contributed by atoms with Gasteiger partial charge in [-0.15, -0.1) is 0 Å². The van der Waals surface area contributed by atoms with Crippen LogP contribution in [0.4, 0.5) is 0 Å². The molecule has 1 atom stereocenters. The van der Waals surface area contributed by atoms with Crippen LogP contribution in [0.1, 0.15) is 64.7 Å². The largest absolute Gasteiger partial charge is 0.468 e. The zero-order valence-electron chi connectivity index (χ0n) is 11.8. The third-order valence-electron chi connectivity index (χ3n) is 4.41. The molecule has 2 saturated carbocycles. The van der Waals surface area contributed by atoms with Crippen LogP contribution in [-0.2, 0) is 9.53 Å². The number of hydrogen-bond donors (Lipinski definition) is 1. The van der Waals surface area contributed by atoms with Crippen LogP contribution in [0, 0.1) is 5.92 Å². The van der Waals surface area contributed by atoms with E-state index >= 15 is 0 Å². The molecule has 3 heteroatoms. The Labute approximate surface area is 111 Å². The van der Waals surface area contributed by atoms with Crippen LogP contribution in [0.25, 0.3) is 0 Å². The fourth-order valence-electron chi connectivity index (χ4n) is 3.20. The molecule has 1 N–H and O–H groups in total. The Morgan fingerprint density at radius 1 is 1.17 bits per heavy atom. The maximum Gasteiger partial charge on any atom is 0.325 e. The Bertz CT molecular complexity index is 280. The second kappa shape index (κ2) is 6.05. The first kappa shape index (κ1) is 13.9. The highest BCUT2D eigenvalue weighted by Gasteiger charge is 2.41. The Kier molecular flexibility index (Phi) is 4.66. The lowest BCUT2D eigenvalue weighted by Gasteiger charge is -2.32. The molecule has 2 aliphatic carbocycles. The highest BCUT2D eigenvalue weighted by atomic mass is 16.5. The lowest BCUT2D eigenvalue weighted by molar-refractivity contribution is -0.148. The number of carbonyl (C=O) groups excluding carboxylic acids is 1. The Balaban J connectivity index is 1.96. The number of carbonyl (C=O) groups is 1. The average molecular weight is 253 g/mol. The monoisotopic (exact) mass is 253 g/mol. The van der Waals surface area contributed by atoms with Crippen LogP contribution in [-0.4, -0.2) is 24.7 Å². The summed E-state index contributed by atoms with van der Waals surface area (Å²) in [7, 11) is 1.50. The summed E-state index contributed by atoms with van der Waals surface area (Å²) in [6.07, 6.45) is 11.2. The molecule has 0 aromatic carbocycles. The summed E-state index contributed by atoms with van der Waals surface area (Å²) in [5, 5.41) is 3.62. The van der Waals surface area contributed by atoms with Gasteiger partial charge in [0, 0.05) is 6.04 Å². The van der Waals surface area contributed by atoms with Gasteiger partial charge in [0.15, 0.2) is 0 Å². The van der Waals surface area contributed by atoms with Gasteiger partial charge in [-0.3, -0.25) is 10.1 Å². The van der Waals surface area contributed by atoms with Crippen LogP contribution in [0.5, 0.6) is 0 Å². The van der Waals surface area contributed by atoms with Gasteiger partial charge in [0.2, 0.25) is 0 Å². The van der Waals surface area contributed by atoms with E-state index in [4.69, 9.17) is 4.74 Å². The summed E-state index contributed by atoms with van der Waals surface area (Å²) in [6.45, 7) is 2.03. The summed E-state index contributed by atoms with van der Waals surface area (Å²) >= 11 is 0. The maximum absolute atomic E-state index is 12.1. The van der Waals surface area contributed by atoms with E-state index in [0.29, 0.717) is 6.04 Å². The first-order chi connectivity index (χ1) is 8.64. The van der Waals surface area contributed by atoms with Crippen molar-refractivity contribution in [2.45, 2.75) is 76.3 Å². The van der Waals surface area contributed by atoms with Crippen molar-refractivity contribution in [1.29, 1.82) is 0 Å². The third kappa shape index (κ3) is 3.71. The van der Waals surface area contributed by atoms with Gasteiger partial charge in [-0.25, -0.2) is 0 Å². The smallest absolute Gasteiger partial charge is 0.325 e. The standard InChI is InChI=1S/C15H27NO2/c1-15(14(17)18-2,11-12-9-10-12)16-13-7-5-3-4-6-8-13/h12-13,16H,3-11H2,1-2H3. The summed E-state index contributed by atoms with van der Waals surface area (Å²) in [6, 6.07) is 0.496. The van der Waals surface area contributed by atoms with Crippen molar-refractivity contribution >= 4 is 5.97 Å². The molecule has 0 spiro atoms. The molecule has 0 amide bonds. The van der Waals surface area contributed by atoms with E-state index in [2.05, 4.69) is 5.32 Å². The number of rotatable bonds is 5. The lowest BCUT2D eigenvalue weighted by Crippen LogP contribution is -2.54. The number of nitrogens with one attached hydrogen (secondary N) is 1. The minimum atomic E-state index is -0.467. The van der Waals surface area contributed by atoms with Crippen molar-refractivity contribution in [3.8, 4) is 0 Å². The number of hydrogen-bond acceptors (Lipinski definition) is 3. The quantitative estimate of drug-likeness (QED) is 0.604. The first-order valence-corrected chi connectivity index (χ1v) is 7.50. The Hall–Kier alpha value is -0.570. The molecular formula is C15H27NO2. The van der Waals surface area contributed by atoms with E-state index in [1.165, 1.54) is 58.5 Å². The molecule has 0 radical (unpaired) electrons. The number of esters is 1. The minimum Gasteiger partial charge on any atom is -0.468 e. The molecule has 0 heterocycles. The first-order valence-electron chi connectivity index (χ1n) is 7.50. The van der Waals surface area contributed by atoms with E-state index in [1.807, 2.05) is 6.92 Å². The van der Waals surface area contributed by atoms with Gasteiger partial charge in [0.1, 0.15) is 5.54 Å². The van der Waals surface area contributed by atoms with Gasteiger partial charge < -0.3 is 4.74 Å². The van der Waals surface area contributed by atoms with Crippen molar-refractivity contribution < 1.29 is 9.53 Å². The molecule has 3 nitrogen and oxygen atoms in total. The molecule has 104 valence electrons. The molecule has 0 aromatic heterocycles. The molecule has 0 saturated heterocycles. The molecule has 2 aliphatic rings. The van der Waals surface area contributed by atoms with E-state index in [1.54, 1.807) is 0 Å². The minimum absolute atomic E-state index is 0.0846. The SMILES string of the molecule is COC(=O)C(C)(CC1CC1)NC1CCCCCC1. The van der Waals surface area contributed by atoms with Gasteiger partial charge in [-0.1, -0.05) is 38.5 Å². The van der Waals surface area contributed by atoms with Crippen molar-refractivity contribution in [3.05, 3.63) is 0 Å². The second-order valence-corrected chi connectivity index (χ2v) is 6.30. The molecule has 18 heavy (non-hydrogen) atoms. The fourth-order valence-corrected chi connectivity index (χ4v) is 3.20. The third-order valence-corrected chi connectivity index (χ3v) is 4.41. The van der Waals surface area contributed by atoms with Crippen LogP contribution < -0.4 is 5.32 Å². The Morgan fingerprint density at radius 2 is 1.78 bits per heavy atom. The molecular weight excluding hydrogens is 226 g/mol. The van der Waals surface area contributed by atoms with E-state index in [0.717, 1.165) is 12.3 Å². The maximum atomic E-state index is 12.1. The molecule has 0 aromatic rings. The predicted molar refractivity (Wildman–Crippen MR) is 72.4 cm³/mol. The van der Waals surface area contributed by atoms with Crippen molar-refractivity contribution in [2.75, 3.05) is 7.11 Å². The van der Waals surface area contributed by atoms with Gasteiger partial charge in [-0.2, -0.15) is 0 Å². The molecule has 0 bridgehead atoms. The summed E-state index contributed by atoms with van der Waals surface area (Å²) < 4.78 is 5.02. The zero-order valence-corrected chi connectivity index (χ0v) is 11.8. The van der Waals surface area contributed by atoms with Crippen molar-refractivity contribution in [3.63, 3.8) is 0 Å². The summed E-state index contributed by atoms with van der Waals surface area (Å²) in [4.78, 5) is 12.1. The topological polar surface area (TPSA) is 38.3 Å². The number of methoxy groups -OCH3 is 1. The van der Waals surface area contributed by atoms with Crippen molar-refractivity contribution in [2.24, 2.45) is 5.92 Å². The molecule has 2 fully saturated rings. The average Bonchev–Trinajstić information content (AvgIpc) is 3.16. The fraction of sp³-hybridized carbons (Fsp3) is 0.933. The summed E-state index contributed by atoms with van der Waals surface area (Å²) in [5.41, 5.74) is -0.467. The second-order valence-electron chi connectivity index (χ2n) is 6.30. The van der Waals surface area contributed by atoms with Crippen LogP contribution in [0.2, 0.25) is 0 Å². The van der Waals surface area contributed by atoms with Crippen molar-refractivity contribution in [1.82, 2.24) is 5.32 Å². The van der Waals surface area contributed by atoms with E-state index in [9.17, 15) is 4.79 Å². The van der Waals surface area contributed by atoms with E-state index < -0.39 is 5.54 Å². The van der Waals surface area contributed by atoms with Gasteiger partial charge in [0.05, 0.1) is 7.11 Å². The Morgan fingerprint density at radius 3 is 2.28 bits per heavy atom. The highest BCUT2D eigenvalue weighted by molar-refractivity contribution is 5.80. The predicted octanol–water partition coefficient (Wildman–Crippen LogP) is 3.03. The van der Waals surface area contributed by atoms with Crippen LogP contribution in [0.15, 0.2) is 0 Å². The highest BCUT2D eigenvalue weighted by Crippen LogP contribution is 2.37. The van der Waals surface area contributed by atoms with Crippen LogP contribution in [0.3, 0.4) is 0 Å². The summed E-state index contributed by atoms with van der Waals surface area (Å²) in [5.74, 6) is 0.644. The van der Waals surface area contributed by atoms with E-state index in [-0.39, 0.29) is 5.97 Å². The molecule has 0 aliphatic heterocycles. The van der Waals surface area contributed by atoms with Gasteiger partial charge >= 0.3 is 5.97 Å².